The van der Waals surface area contributed by atoms with Crippen LogP contribution in [-0.2, 0) is 0 Å². The van der Waals surface area contributed by atoms with Crippen molar-refractivity contribution in [1.82, 2.24) is 4.98 Å². The highest BCUT2D eigenvalue weighted by Gasteiger charge is 2.10. The van der Waals surface area contributed by atoms with E-state index in [0.717, 1.165) is 22.0 Å². The summed E-state index contributed by atoms with van der Waals surface area (Å²) < 4.78 is 5.28. The average Bonchev–Trinajstić information content (AvgIpc) is 3.00. The first-order valence-corrected chi connectivity index (χ1v) is 6.00. The Kier molecular flexibility index (Phi) is 2.42. The van der Waals surface area contributed by atoms with Crippen molar-refractivity contribution < 1.29 is 9.52 Å². The number of phenols is 1. The lowest BCUT2D eigenvalue weighted by Crippen LogP contribution is -1.78. The molecule has 0 fully saturated rings. The maximum absolute atomic E-state index is 9.75. The summed E-state index contributed by atoms with van der Waals surface area (Å²) in [5, 5.41) is 12.5. The maximum atomic E-state index is 9.75. The summed E-state index contributed by atoms with van der Waals surface area (Å²) in [5.74, 6) is 0.982. The Morgan fingerprint density at radius 3 is 2.76 bits per heavy atom. The van der Waals surface area contributed by atoms with Crippen LogP contribution in [0.1, 0.15) is 0 Å². The molecule has 0 spiro atoms. The third kappa shape index (κ3) is 1.83. The fraction of sp³-hybridized carbons (Fsp3) is 0. The molecule has 84 valence electrons. The number of para-hydroxylation sites is 1. The number of thiazole rings is 1. The third-order valence-electron chi connectivity index (χ3n) is 2.41. The molecule has 3 rings (SSSR count). The van der Waals surface area contributed by atoms with Crippen molar-refractivity contribution in [2.24, 2.45) is 0 Å². The van der Waals surface area contributed by atoms with Gasteiger partial charge in [0.1, 0.15) is 16.5 Å². The van der Waals surface area contributed by atoms with Crippen molar-refractivity contribution in [1.29, 1.82) is 0 Å². The van der Waals surface area contributed by atoms with Gasteiger partial charge in [0.2, 0.25) is 0 Å². The zero-order chi connectivity index (χ0) is 11.7. The highest BCUT2D eigenvalue weighted by atomic mass is 32.1. The summed E-state index contributed by atoms with van der Waals surface area (Å²) in [6.07, 6.45) is 1.62. The summed E-state index contributed by atoms with van der Waals surface area (Å²) in [6, 6.07) is 10.9. The van der Waals surface area contributed by atoms with E-state index < -0.39 is 0 Å². The number of hydrogen-bond acceptors (Lipinski definition) is 4. The molecule has 17 heavy (non-hydrogen) atoms. The van der Waals surface area contributed by atoms with E-state index in [1.165, 1.54) is 11.3 Å². The van der Waals surface area contributed by atoms with Crippen LogP contribution in [0, 0.1) is 0 Å². The van der Waals surface area contributed by atoms with Crippen LogP contribution in [0.4, 0.5) is 0 Å². The number of phenolic OH excluding ortho intramolecular Hbond substituents is 1. The topological polar surface area (TPSA) is 46.3 Å². The molecular weight excluding hydrogens is 234 g/mol. The van der Waals surface area contributed by atoms with Gasteiger partial charge in [-0.1, -0.05) is 12.1 Å². The first-order valence-electron chi connectivity index (χ1n) is 5.12. The molecule has 2 aromatic heterocycles. The molecule has 0 aliphatic heterocycles. The Hall–Kier alpha value is -2.07. The van der Waals surface area contributed by atoms with Gasteiger partial charge in [-0.15, -0.1) is 11.3 Å². The highest BCUT2D eigenvalue weighted by Crippen LogP contribution is 2.33. The molecule has 0 bridgehead atoms. The minimum atomic E-state index is 0.243. The van der Waals surface area contributed by atoms with Crippen molar-refractivity contribution in [2.45, 2.75) is 0 Å². The fourth-order valence-electron chi connectivity index (χ4n) is 1.59. The minimum Gasteiger partial charge on any atom is -0.507 e. The highest BCUT2D eigenvalue weighted by molar-refractivity contribution is 7.13. The van der Waals surface area contributed by atoms with Crippen LogP contribution in [0.25, 0.3) is 22.0 Å². The van der Waals surface area contributed by atoms with Crippen molar-refractivity contribution in [3.8, 4) is 27.8 Å². The van der Waals surface area contributed by atoms with Crippen LogP contribution in [0.3, 0.4) is 0 Å². The van der Waals surface area contributed by atoms with E-state index in [-0.39, 0.29) is 5.75 Å². The van der Waals surface area contributed by atoms with E-state index in [1.54, 1.807) is 18.4 Å². The number of aromatic hydroxyl groups is 1. The summed E-state index contributed by atoms with van der Waals surface area (Å²) in [6.45, 7) is 0. The van der Waals surface area contributed by atoms with Gasteiger partial charge in [0.15, 0.2) is 5.76 Å². The van der Waals surface area contributed by atoms with Crippen LogP contribution in [0.2, 0.25) is 0 Å². The third-order valence-corrected chi connectivity index (χ3v) is 3.29. The predicted octanol–water partition coefficient (Wildman–Crippen LogP) is 3.78. The van der Waals surface area contributed by atoms with Gasteiger partial charge < -0.3 is 9.52 Å². The molecule has 3 nitrogen and oxygen atoms in total. The van der Waals surface area contributed by atoms with Gasteiger partial charge in [0.05, 0.1) is 11.8 Å². The molecule has 2 heterocycles. The van der Waals surface area contributed by atoms with E-state index in [2.05, 4.69) is 4.98 Å². The standard InChI is InChI=1S/C13H9NO2S/c15-11-5-2-1-4-9(11)13-14-10(8-17-13)12-6-3-7-16-12/h1-8,15H. The van der Waals surface area contributed by atoms with Gasteiger partial charge >= 0.3 is 0 Å². The maximum Gasteiger partial charge on any atom is 0.153 e. The number of rotatable bonds is 2. The van der Waals surface area contributed by atoms with Crippen LogP contribution < -0.4 is 0 Å². The monoisotopic (exact) mass is 243 g/mol. The normalized spacial score (nSPS) is 10.6. The van der Waals surface area contributed by atoms with Gasteiger partial charge in [-0.2, -0.15) is 0 Å². The minimum absolute atomic E-state index is 0.243. The molecule has 1 N–H and O–H groups in total. The molecule has 4 heteroatoms. The molecule has 0 saturated heterocycles. The molecule has 0 saturated carbocycles. The lowest BCUT2D eigenvalue weighted by molar-refractivity contribution is 0.477. The van der Waals surface area contributed by atoms with E-state index >= 15 is 0 Å². The summed E-state index contributed by atoms with van der Waals surface area (Å²) in [4.78, 5) is 4.45. The zero-order valence-electron chi connectivity index (χ0n) is 8.83. The molecule has 0 aliphatic carbocycles. The van der Waals surface area contributed by atoms with E-state index in [9.17, 15) is 5.11 Å². The van der Waals surface area contributed by atoms with Crippen LogP contribution >= 0.6 is 11.3 Å². The van der Waals surface area contributed by atoms with Crippen LogP contribution in [-0.4, -0.2) is 10.1 Å². The number of aromatic nitrogens is 1. The summed E-state index contributed by atoms with van der Waals surface area (Å²) in [7, 11) is 0. The van der Waals surface area contributed by atoms with E-state index in [0.29, 0.717) is 0 Å². The Balaban J connectivity index is 2.04. The second-order valence-electron chi connectivity index (χ2n) is 3.53. The number of hydrogen-bond donors (Lipinski definition) is 1. The Morgan fingerprint density at radius 2 is 2.00 bits per heavy atom. The summed E-state index contributed by atoms with van der Waals surface area (Å²) in [5.41, 5.74) is 1.54. The number of nitrogens with zero attached hydrogens (tertiary/aromatic N) is 1. The first-order chi connectivity index (χ1) is 8.34. The second kappa shape index (κ2) is 4.07. The molecule has 0 amide bonds. The predicted molar refractivity (Wildman–Crippen MR) is 66.9 cm³/mol. The van der Waals surface area contributed by atoms with Crippen molar-refractivity contribution in [3.63, 3.8) is 0 Å². The van der Waals surface area contributed by atoms with Gasteiger partial charge in [-0.25, -0.2) is 4.98 Å². The van der Waals surface area contributed by atoms with Gasteiger partial charge in [0, 0.05) is 5.38 Å². The van der Waals surface area contributed by atoms with Crippen LogP contribution in [0.15, 0.2) is 52.5 Å². The lowest BCUT2D eigenvalue weighted by Gasteiger charge is -1.98. The molecule has 3 aromatic rings. The van der Waals surface area contributed by atoms with E-state index in [4.69, 9.17) is 4.42 Å². The smallest absolute Gasteiger partial charge is 0.153 e. The quantitative estimate of drug-likeness (QED) is 0.745. The number of benzene rings is 1. The first kappa shape index (κ1) is 10.1. The van der Waals surface area contributed by atoms with Crippen molar-refractivity contribution in [2.75, 3.05) is 0 Å². The van der Waals surface area contributed by atoms with Crippen LogP contribution in [0.5, 0.6) is 5.75 Å². The average molecular weight is 243 g/mol. The van der Waals surface area contributed by atoms with Gasteiger partial charge in [-0.3, -0.25) is 0 Å². The zero-order valence-corrected chi connectivity index (χ0v) is 9.65. The Bertz CT molecular complexity index is 628. The lowest BCUT2D eigenvalue weighted by atomic mass is 10.2. The Morgan fingerprint density at radius 1 is 1.12 bits per heavy atom. The second-order valence-corrected chi connectivity index (χ2v) is 4.39. The largest absolute Gasteiger partial charge is 0.507 e. The summed E-state index contributed by atoms with van der Waals surface area (Å²) >= 11 is 1.48. The molecule has 0 aliphatic rings. The molecule has 0 atom stereocenters. The Labute approximate surface area is 102 Å². The number of furan rings is 1. The molecule has 0 radical (unpaired) electrons. The van der Waals surface area contributed by atoms with Gasteiger partial charge in [0.25, 0.3) is 0 Å². The van der Waals surface area contributed by atoms with E-state index in [1.807, 2.05) is 29.6 Å². The van der Waals surface area contributed by atoms with Crippen molar-refractivity contribution >= 4 is 11.3 Å². The SMILES string of the molecule is Oc1ccccc1-c1nc(-c2ccco2)cs1. The fourth-order valence-corrected chi connectivity index (χ4v) is 2.43. The van der Waals surface area contributed by atoms with Crippen molar-refractivity contribution in [3.05, 3.63) is 48.0 Å². The van der Waals surface area contributed by atoms with Gasteiger partial charge in [-0.05, 0) is 24.3 Å². The molecular formula is C13H9NO2S. The molecule has 0 unspecified atom stereocenters. The molecule has 1 aromatic carbocycles.